The molecule has 0 aromatic carbocycles. The van der Waals surface area contributed by atoms with Gasteiger partial charge in [-0.15, -0.1) is 0 Å². The molecule has 15 heavy (non-hydrogen) atoms. The highest BCUT2D eigenvalue weighted by atomic mass is 16.5. The highest BCUT2D eigenvalue weighted by Crippen LogP contribution is 2.18. The number of hydrogen-bond donors (Lipinski definition) is 1. The van der Waals surface area contributed by atoms with Gasteiger partial charge in [0.05, 0.1) is 19.8 Å². The number of morpholine rings is 1. The van der Waals surface area contributed by atoms with Crippen molar-refractivity contribution in [2.24, 2.45) is 5.41 Å². The van der Waals surface area contributed by atoms with E-state index >= 15 is 0 Å². The van der Waals surface area contributed by atoms with Crippen LogP contribution in [0.2, 0.25) is 0 Å². The summed E-state index contributed by atoms with van der Waals surface area (Å²) in [7, 11) is 0. The summed E-state index contributed by atoms with van der Waals surface area (Å²) in [4.78, 5) is 11.5. The van der Waals surface area contributed by atoms with Crippen molar-refractivity contribution in [1.29, 1.82) is 0 Å². The minimum absolute atomic E-state index is 0.195. The SMILES string of the molecule is CC(C)(C)CCOC(=O)C1COCCN1. The highest BCUT2D eigenvalue weighted by molar-refractivity contribution is 5.76. The fourth-order valence-corrected chi connectivity index (χ4v) is 1.28. The monoisotopic (exact) mass is 215 g/mol. The molecule has 1 aliphatic heterocycles. The van der Waals surface area contributed by atoms with E-state index < -0.39 is 0 Å². The molecule has 1 saturated heterocycles. The Hall–Kier alpha value is -0.610. The number of esters is 1. The zero-order chi connectivity index (χ0) is 11.3. The zero-order valence-corrected chi connectivity index (χ0v) is 9.84. The smallest absolute Gasteiger partial charge is 0.325 e. The maximum absolute atomic E-state index is 11.5. The Morgan fingerprint density at radius 2 is 2.27 bits per heavy atom. The van der Waals surface area contributed by atoms with Crippen molar-refractivity contribution in [2.75, 3.05) is 26.4 Å². The van der Waals surface area contributed by atoms with Crippen LogP contribution in [0.3, 0.4) is 0 Å². The minimum Gasteiger partial charge on any atom is -0.464 e. The molecule has 0 bridgehead atoms. The molecule has 4 heteroatoms. The molecule has 0 aromatic rings. The lowest BCUT2D eigenvalue weighted by Crippen LogP contribution is -2.47. The Labute approximate surface area is 91.3 Å². The van der Waals surface area contributed by atoms with E-state index in [9.17, 15) is 4.79 Å². The van der Waals surface area contributed by atoms with Crippen LogP contribution in [0, 0.1) is 5.41 Å². The Morgan fingerprint density at radius 3 is 2.80 bits per heavy atom. The topological polar surface area (TPSA) is 47.6 Å². The van der Waals surface area contributed by atoms with Crippen LogP contribution in [0.1, 0.15) is 27.2 Å². The van der Waals surface area contributed by atoms with Gasteiger partial charge in [0.1, 0.15) is 6.04 Å². The van der Waals surface area contributed by atoms with Gasteiger partial charge in [-0.25, -0.2) is 0 Å². The second-order valence-corrected chi connectivity index (χ2v) is 5.06. The van der Waals surface area contributed by atoms with Crippen molar-refractivity contribution >= 4 is 5.97 Å². The second-order valence-electron chi connectivity index (χ2n) is 5.06. The molecule has 1 heterocycles. The van der Waals surface area contributed by atoms with Gasteiger partial charge in [-0.2, -0.15) is 0 Å². The zero-order valence-electron chi connectivity index (χ0n) is 9.84. The van der Waals surface area contributed by atoms with E-state index in [0.29, 0.717) is 19.8 Å². The van der Waals surface area contributed by atoms with Crippen molar-refractivity contribution in [3.05, 3.63) is 0 Å². The number of ether oxygens (including phenoxy) is 2. The van der Waals surface area contributed by atoms with Crippen molar-refractivity contribution < 1.29 is 14.3 Å². The molecule has 1 aliphatic rings. The quantitative estimate of drug-likeness (QED) is 0.712. The van der Waals surface area contributed by atoms with Gasteiger partial charge in [-0.3, -0.25) is 4.79 Å². The van der Waals surface area contributed by atoms with E-state index in [2.05, 4.69) is 26.1 Å². The summed E-state index contributed by atoms with van der Waals surface area (Å²) in [5, 5.41) is 3.07. The van der Waals surface area contributed by atoms with E-state index in [1.807, 2.05) is 0 Å². The molecule has 88 valence electrons. The van der Waals surface area contributed by atoms with E-state index in [0.717, 1.165) is 13.0 Å². The first-order chi connectivity index (χ1) is 6.99. The molecule has 0 saturated carbocycles. The molecular formula is C11H21NO3. The number of nitrogens with one attached hydrogen (secondary N) is 1. The molecule has 1 N–H and O–H groups in total. The van der Waals surface area contributed by atoms with Crippen LogP contribution in [-0.2, 0) is 14.3 Å². The lowest BCUT2D eigenvalue weighted by Gasteiger charge is -2.23. The molecule has 0 aliphatic carbocycles. The summed E-state index contributed by atoms with van der Waals surface area (Å²) in [5.41, 5.74) is 0.205. The molecule has 0 spiro atoms. The van der Waals surface area contributed by atoms with Crippen LogP contribution >= 0.6 is 0 Å². The summed E-state index contributed by atoms with van der Waals surface area (Å²) in [5.74, 6) is -0.195. The third-order valence-corrected chi connectivity index (χ3v) is 2.30. The van der Waals surface area contributed by atoms with Crippen molar-refractivity contribution in [2.45, 2.75) is 33.2 Å². The predicted octanol–water partition coefficient (Wildman–Crippen LogP) is 0.954. The summed E-state index contributed by atoms with van der Waals surface area (Å²) < 4.78 is 10.4. The molecule has 0 amide bonds. The van der Waals surface area contributed by atoms with Gasteiger partial charge in [0.2, 0.25) is 0 Å². The van der Waals surface area contributed by atoms with E-state index in [1.54, 1.807) is 0 Å². The first-order valence-corrected chi connectivity index (χ1v) is 5.47. The fraction of sp³-hybridized carbons (Fsp3) is 0.909. The molecule has 0 aromatic heterocycles. The third kappa shape index (κ3) is 5.14. The van der Waals surface area contributed by atoms with Crippen LogP contribution in [-0.4, -0.2) is 38.4 Å². The van der Waals surface area contributed by atoms with Crippen molar-refractivity contribution in [1.82, 2.24) is 5.32 Å². The van der Waals surface area contributed by atoms with Crippen LogP contribution in [0.5, 0.6) is 0 Å². The van der Waals surface area contributed by atoms with Gasteiger partial charge in [0, 0.05) is 6.54 Å². The summed E-state index contributed by atoms with van der Waals surface area (Å²) in [6.45, 7) is 8.69. The molecule has 1 rings (SSSR count). The third-order valence-electron chi connectivity index (χ3n) is 2.30. The number of hydrogen-bond acceptors (Lipinski definition) is 4. The van der Waals surface area contributed by atoms with E-state index in [1.165, 1.54) is 0 Å². The minimum atomic E-state index is -0.279. The first-order valence-electron chi connectivity index (χ1n) is 5.47. The molecular weight excluding hydrogens is 194 g/mol. The van der Waals surface area contributed by atoms with Gasteiger partial charge < -0.3 is 14.8 Å². The maximum Gasteiger partial charge on any atom is 0.325 e. The normalized spacial score (nSPS) is 22.5. The number of carbonyl (C=O) groups is 1. The van der Waals surface area contributed by atoms with Gasteiger partial charge in [-0.1, -0.05) is 20.8 Å². The maximum atomic E-state index is 11.5. The molecule has 1 unspecified atom stereocenters. The van der Waals surface area contributed by atoms with Crippen LogP contribution in [0.4, 0.5) is 0 Å². The van der Waals surface area contributed by atoms with Crippen LogP contribution < -0.4 is 5.32 Å². The molecule has 1 fully saturated rings. The Bertz CT molecular complexity index is 204. The van der Waals surface area contributed by atoms with Crippen molar-refractivity contribution in [3.8, 4) is 0 Å². The van der Waals surface area contributed by atoms with Gasteiger partial charge in [0.15, 0.2) is 0 Å². The Kier molecular flexibility index (Phi) is 4.54. The first kappa shape index (κ1) is 12.5. The largest absolute Gasteiger partial charge is 0.464 e. The van der Waals surface area contributed by atoms with Crippen molar-refractivity contribution in [3.63, 3.8) is 0 Å². The van der Waals surface area contributed by atoms with E-state index in [-0.39, 0.29) is 17.4 Å². The van der Waals surface area contributed by atoms with Gasteiger partial charge in [-0.05, 0) is 11.8 Å². The summed E-state index contributed by atoms with van der Waals surface area (Å²) in [6, 6.07) is -0.279. The summed E-state index contributed by atoms with van der Waals surface area (Å²) >= 11 is 0. The number of rotatable bonds is 3. The molecule has 1 atom stereocenters. The highest BCUT2D eigenvalue weighted by Gasteiger charge is 2.22. The number of carbonyl (C=O) groups excluding carboxylic acids is 1. The van der Waals surface area contributed by atoms with Gasteiger partial charge in [0.25, 0.3) is 0 Å². The molecule has 0 radical (unpaired) electrons. The predicted molar refractivity (Wildman–Crippen MR) is 57.6 cm³/mol. The average molecular weight is 215 g/mol. The Morgan fingerprint density at radius 1 is 1.53 bits per heavy atom. The Balaban J connectivity index is 2.17. The van der Waals surface area contributed by atoms with Crippen LogP contribution in [0.15, 0.2) is 0 Å². The lowest BCUT2D eigenvalue weighted by molar-refractivity contribution is -0.149. The van der Waals surface area contributed by atoms with Crippen LogP contribution in [0.25, 0.3) is 0 Å². The average Bonchev–Trinajstić information content (AvgIpc) is 2.17. The molecule has 4 nitrogen and oxygen atoms in total. The standard InChI is InChI=1S/C11H21NO3/c1-11(2,3)4-6-15-10(13)9-8-14-7-5-12-9/h9,12H,4-8H2,1-3H3. The summed E-state index contributed by atoms with van der Waals surface area (Å²) in [6.07, 6.45) is 0.881. The van der Waals surface area contributed by atoms with Gasteiger partial charge >= 0.3 is 5.97 Å². The second kappa shape index (κ2) is 5.47. The van der Waals surface area contributed by atoms with E-state index in [4.69, 9.17) is 9.47 Å². The lowest BCUT2D eigenvalue weighted by atomic mass is 9.93. The fourth-order valence-electron chi connectivity index (χ4n) is 1.28.